The number of phenolic OH excluding ortho intramolecular Hbond substituents is 1. The molecule has 6 heterocycles. The van der Waals surface area contributed by atoms with Gasteiger partial charge < -0.3 is 29.9 Å². The zero-order chi connectivity index (χ0) is 29.3. The van der Waals surface area contributed by atoms with Gasteiger partial charge >= 0.3 is 5.97 Å². The van der Waals surface area contributed by atoms with Crippen molar-refractivity contribution in [3.63, 3.8) is 0 Å². The maximum atomic E-state index is 11.7. The highest BCUT2D eigenvalue weighted by Crippen LogP contribution is 2.37. The maximum absolute atomic E-state index is 11.7. The monoisotopic (exact) mass is 584 g/mol. The first-order valence-corrected chi connectivity index (χ1v) is 15.5. The van der Waals surface area contributed by atoms with E-state index in [2.05, 4.69) is 46.2 Å². The number of carbonyl (C=O) groups is 1. The van der Waals surface area contributed by atoms with Crippen molar-refractivity contribution in [1.82, 2.24) is 25.0 Å². The molecule has 2 aromatic heterocycles. The van der Waals surface area contributed by atoms with Crippen LogP contribution >= 0.6 is 0 Å². The fraction of sp³-hybridized carbons (Fsp3) is 0.500. The number of esters is 1. The molecule has 1 atom stereocenters. The third-order valence-corrected chi connectivity index (χ3v) is 9.79. The first kappa shape index (κ1) is 27.8. The third-order valence-electron chi connectivity index (χ3n) is 9.79. The Hall–Kier alpha value is -3.96. The molecule has 0 aliphatic carbocycles. The Labute approximate surface area is 252 Å². The second kappa shape index (κ2) is 12.0. The largest absolute Gasteiger partial charge is 0.507 e. The lowest BCUT2D eigenvalue weighted by Gasteiger charge is -2.50. The summed E-state index contributed by atoms with van der Waals surface area (Å²) in [5, 5.41) is 22.7. The van der Waals surface area contributed by atoms with E-state index in [0.717, 1.165) is 82.4 Å². The normalized spacial score (nSPS) is 22.0. The average molecular weight is 585 g/mol. The van der Waals surface area contributed by atoms with E-state index in [4.69, 9.17) is 4.74 Å². The number of aromatic hydroxyl groups is 1. The number of fused-ring (bicyclic) bond motifs is 3. The van der Waals surface area contributed by atoms with Crippen molar-refractivity contribution in [3.05, 3.63) is 54.4 Å². The van der Waals surface area contributed by atoms with Crippen LogP contribution in [0.3, 0.4) is 0 Å². The molecule has 0 radical (unpaired) electrons. The topological polar surface area (TPSA) is 110 Å². The molecule has 1 aromatic carbocycles. The highest BCUT2D eigenvalue weighted by molar-refractivity contribution is 5.87. The fourth-order valence-electron chi connectivity index (χ4n) is 7.37. The van der Waals surface area contributed by atoms with Crippen molar-refractivity contribution in [3.8, 4) is 17.0 Å². The minimum atomic E-state index is -0.398. The van der Waals surface area contributed by atoms with E-state index in [9.17, 15) is 9.90 Å². The Bertz CT molecular complexity index is 1440. The predicted molar refractivity (Wildman–Crippen MR) is 166 cm³/mol. The van der Waals surface area contributed by atoms with Crippen molar-refractivity contribution < 1.29 is 14.6 Å². The maximum Gasteiger partial charge on any atom is 0.356 e. The van der Waals surface area contributed by atoms with Crippen LogP contribution < -0.4 is 15.1 Å². The number of piperidine rings is 2. The fourth-order valence-corrected chi connectivity index (χ4v) is 7.37. The van der Waals surface area contributed by atoms with Gasteiger partial charge in [-0.2, -0.15) is 0 Å². The number of nitrogens with one attached hydrogen (secondary N) is 1. The van der Waals surface area contributed by atoms with Gasteiger partial charge in [-0.25, -0.2) is 9.78 Å². The molecule has 2 N–H and O–H groups in total. The molecule has 4 aliphatic rings. The Morgan fingerprint density at radius 2 is 1.67 bits per heavy atom. The summed E-state index contributed by atoms with van der Waals surface area (Å²) in [4.78, 5) is 26.3. The number of pyridine rings is 1. The molecule has 11 nitrogen and oxygen atoms in total. The number of aromatic nitrogens is 3. The molecular weight excluding hydrogens is 544 g/mol. The zero-order valence-electron chi connectivity index (χ0n) is 24.7. The molecule has 0 saturated carbocycles. The van der Waals surface area contributed by atoms with Crippen molar-refractivity contribution in [2.24, 2.45) is 0 Å². The first-order chi connectivity index (χ1) is 21.1. The SMILES string of the molecule is COC(=O)c1ccc(N2CCC(N3CCC(N4CCN5c6cc(-c7ccccc7O)nnc6NC[C@H]5C4)CC3)CC2)cn1. The van der Waals surface area contributed by atoms with Gasteiger partial charge in [0.15, 0.2) is 5.82 Å². The van der Waals surface area contributed by atoms with Crippen LogP contribution in [-0.4, -0.2) is 114 Å². The standard InChI is InChI=1S/C32H40N8O3/c1-43-32(42)27-7-6-24(19-33-27)38-14-8-22(9-15-38)37-12-10-23(11-13-37)39-16-17-40-25(21-39)20-34-31-29(40)18-28(35-36-31)26-4-2-3-5-30(26)41/h2-7,18-19,22-23,25,41H,8-17,20-21H2,1H3,(H,34,36)/t25-/m0/s1. The molecule has 0 amide bonds. The number of para-hydroxylation sites is 1. The molecule has 0 bridgehead atoms. The van der Waals surface area contributed by atoms with Crippen LogP contribution in [0.4, 0.5) is 17.2 Å². The number of methoxy groups -OCH3 is 1. The van der Waals surface area contributed by atoms with Gasteiger partial charge in [-0.3, -0.25) is 4.90 Å². The first-order valence-electron chi connectivity index (χ1n) is 15.5. The van der Waals surface area contributed by atoms with Crippen molar-refractivity contribution in [1.29, 1.82) is 0 Å². The molecule has 0 unspecified atom stereocenters. The molecule has 3 saturated heterocycles. The van der Waals surface area contributed by atoms with Crippen molar-refractivity contribution >= 4 is 23.2 Å². The van der Waals surface area contributed by atoms with Gasteiger partial charge in [0.2, 0.25) is 0 Å². The summed E-state index contributed by atoms with van der Waals surface area (Å²) >= 11 is 0. The van der Waals surface area contributed by atoms with E-state index >= 15 is 0 Å². The summed E-state index contributed by atoms with van der Waals surface area (Å²) in [6, 6.07) is 14.8. The Morgan fingerprint density at radius 1 is 0.907 bits per heavy atom. The summed E-state index contributed by atoms with van der Waals surface area (Å²) in [6.45, 7) is 8.29. The van der Waals surface area contributed by atoms with E-state index in [-0.39, 0.29) is 5.75 Å². The number of piperazine rings is 1. The number of anilines is 3. The van der Waals surface area contributed by atoms with Crippen LogP contribution in [0.1, 0.15) is 36.2 Å². The number of hydrogen-bond donors (Lipinski definition) is 2. The summed E-state index contributed by atoms with van der Waals surface area (Å²) in [7, 11) is 1.38. The second-order valence-corrected chi connectivity index (χ2v) is 12.1. The van der Waals surface area contributed by atoms with Crippen LogP contribution in [-0.2, 0) is 4.74 Å². The molecule has 43 heavy (non-hydrogen) atoms. The molecule has 3 fully saturated rings. The molecule has 3 aromatic rings. The molecule has 226 valence electrons. The van der Waals surface area contributed by atoms with Crippen molar-refractivity contribution in [2.45, 2.75) is 43.8 Å². The number of likely N-dealkylation sites (tertiary alicyclic amines) is 1. The van der Waals surface area contributed by atoms with Gasteiger partial charge in [0.25, 0.3) is 0 Å². The number of hydrogen-bond acceptors (Lipinski definition) is 11. The Kier molecular flexibility index (Phi) is 7.75. The van der Waals surface area contributed by atoms with Gasteiger partial charge in [0.1, 0.15) is 11.4 Å². The van der Waals surface area contributed by atoms with Gasteiger partial charge in [-0.15, -0.1) is 10.2 Å². The average Bonchev–Trinajstić information content (AvgIpc) is 3.08. The molecule has 4 aliphatic heterocycles. The van der Waals surface area contributed by atoms with Crippen LogP contribution in [0.25, 0.3) is 11.3 Å². The van der Waals surface area contributed by atoms with E-state index in [0.29, 0.717) is 35.1 Å². The summed E-state index contributed by atoms with van der Waals surface area (Å²) in [5.41, 5.74) is 3.92. The summed E-state index contributed by atoms with van der Waals surface area (Å²) in [5.74, 6) is 0.658. The quantitative estimate of drug-likeness (QED) is 0.432. The van der Waals surface area contributed by atoms with E-state index in [1.807, 2.05) is 24.3 Å². The number of rotatable bonds is 5. The molecule has 11 heteroatoms. The predicted octanol–water partition coefficient (Wildman–Crippen LogP) is 3.08. The number of nitrogens with zero attached hydrogens (tertiary/aromatic N) is 7. The van der Waals surface area contributed by atoms with E-state index in [1.54, 1.807) is 18.3 Å². The second-order valence-electron chi connectivity index (χ2n) is 12.1. The summed E-state index contributed by atoms with van der Waals surface area (Å²) in [6.07, 6.45) is 6.54. The zero-order valence-corrected chi connectivity index (χ0v) is 24.7. The van der Waals surface area contributed by atoms with Gasteiger partial charge in [-0.05, 0) is 69.1 Å². The minimum absolute atomic E-state index is 0.225. The molecular formula is C32H40N8O3. The Morgan fingerprint density at radius 3 is 2.42 bits per heavy atom. The van der Waals surface area contributed by atoms with Gasteiger partial charge in [0.05, 0.1) is 36.4 Å². The lowest BCUT2D eigenvalue weighted by atomic mass is 9.95. The highest BCUT2D eigenvalue weighted by Gasteiger charge is 2.37. The van der Waals surface area contributed by atoms with Crippen LogP contribution in [0.15, 0.2) is 48.7 Å². The number of phenols is 1. The van der Waals surface area contributed by atoms with E-state index < -0.39 is 5.97 Å². The Balaban J connectivity index is 0.912. The minimum Gasteiger partial charge on any atom is -0.507 e. The third kappa shape index (κ3) is 5.59. The van der Waals surface area contributed by atoms with Crippen LogP contribution in [0.2, 0.25) is 0 Å². The number of carbonyl (C=O) groups excluding carboxylic acids is 1. The molecule has 7 rings (SSSR count). The molecule has 0 spiro atoms. The number of ether oxygens (including phenoxy) is 1. The lowest BCUT2D eigenvalue weighted by molar-refractivity contribution is 0.0594. The van der Waals surface area contributed by atoms with Crippen LogP contribution in [0.5, 0.6) is 5.75 Å². The van der Waals surface area contributed by atoms with Gasteiger partial charge in [0, 0.05) is 56.9 Å². The summed E-state index contributed by atoms with van der Waals surface area (Å²) < 4.78 is 4.77. The highest BCUT2D eigenvalue weighted by atomic mass is 16.5. The lowest BCUT2D eigenvalue weighted by Crippen LogP contribution is -2.61. The number of benzene rings is 1. The van der Waals surface area contributed by atoms with Gasteiger partial charge in [-0.1, -0.05) is 12.1 Å². The van der Waals surface area contributed by atoms with Crippen LogP contribution in [0, 0.1) is 0 Å². The van der Waals surface area contributed by atoms with E-state index in [1.165, 1.54) is 20.0 Å². The van der Waals surface area contributed by atoms with Crippen molar-refractivity contribution in [2.75, 3.05) is 74.6 Å². The smallest absolute Gasteiger partial charge is 0.356 e.